The Kier molecular flexibility index (Phi) is 5.24. The molecule has 0 fully saturated rings. The molecule has 1 rings (SSSR count). The van der Waals surface area contributed by atoms with Crippen LogP contribution in [-0.2, 0) is 0 Å². The lowest BCUT2D eigenvalue weighted by molar-refractivity contribution is 0.0696. The molecule has 0 aliphatic heterocycles. The summed E-state index contributed by atoms with van der Waals surface area (Å²) in [6.07, 6.45) is 2.00. The molecule has 0 spiro atoms. The Morgan fingerprint density at radius 1 is 1.60 bits per heavy atom. The lowest BCUT2D eigenvalue weighted by Crippen LogP contribution is -2.03. The number of aromatic carboxylic acids is 1. The van der Waals surface area contributed by atoms with E-state index in [2.05, 4.69) is 22.6 Å². The second-order valence-electron chi connectivity index (χ2n) is 2.79. The van der Waals surface area contributed by atoms with Crippen LogP contribution in [0.5, 0.6) is 5.75 Å². The molecule has 0 saturated heterocycles. The Morgan fingerprint density at radius 2 is 2.33 bits per heavy atom. The van der Waals surface area contributed by atoms with E-state index in [1.165, 1.54) is 0 Å². The minimum Gasteiger partial charge on any atom is -0.492 e. The zero-order valence-electron chi connectivity index (χ0n) is 8.20. The third-order valence-electron chi connectivity index (χ3n) is 1.72. The van der Waals surface area contributed by atoms with Crippen molar-refractivity contribution in [1.29, 1.82) is 0 Å². The fourth-order valence-corrected chi connectivity index (χ4v) is 1.72. The third-order valence-corrected chi connectivity index (χ3v) is 3.19. The molecule has 0 radical (unpaired) electrons. The lowest BCUT2D eigenvalue weighted by atomic mass is 10.2. The van der Waals surface area contributed by atoms with Crippen LogP contribution in [0, 0.1) is 3.57 Å². The highest BCUT2D eigenvalue weighted by Crippen LogP contribution is 2.22. The predicted molar refractivity (Wildman–Crippen MR) is 70.0 cm³/mol. The molecule has 15 heavy (non-hydrogen) atoms. The van der Waals surface area contributed by atoms with Crippen LogP contribution in [0.4, 0.5) is 0 Å². The first-order valence-electron chi connectivity index (χ1n) is 4.29. The van der Waals surface area contributed by atoms with Gasteiger partial charge in [0.15, 0.2) is 0 Å². The fraction of sp³-hybridized carbons (Fsp3) is 0.300. The summed E-state index contributed by atoms with van der Waals surface area (Å²) in [6, 6.07) is 4.88. The first-order chi connectivity index (χ1) is 7.15. The fourth-order valence-electron chi connectivity index (χ4n) is 0.982. The summed E-state index contributed by atoms with van der Waals surface area (Å²) >= 11 is 3.82. The number of hydrogen-bond donors (Lipinski definition) is 1. The quantitative estimate of drug-likeness (QED) is 0.662. The van der Waals surface area contributed by atoms with Crippen molar-refractivity contribution in [3.63, 3.8) is 0 Å². The summed E-state index contributed by atoms with van der Waals surface area (Å²) in [4.78, 5) is 10.7. The SMILES string of the molecule is CSCCOc1cc(C(=O)O)ccc1I. The Balaban J connectivity index is 2.76. The van der Waals surface area contributed by atoms with Crippen LogP contribution in [0.1, 0.15) is 10.4 Å². The van der Waals surface area contributed by atoms with Crippen LogP contribution in [-0.4, -0.2) is 29.7 Å². The molecule has 0 amide bonds. The third kappa shape index (κ3) is 3.90. The minimum atomic E-state index is -0.930. The normalized spacial score (nSPS) is 10.0. The zero-order valence-corrected chi connectivity index (χ0v) is 11.2. The molecule has 0 aromatic heterocycles. The van der Waals surface area contributed by atoms with Crippen LogP contribution in [0.15, 0.2) is 18.2 Å². The molecule has 0 heterocycles. The molecule has 0 unspecified atom stereocenters. The average Bonchev–Trinajstić information content (AvgIpc) is 2.20. The highest BCUT2D eigenvalue weighted by Gasteiger charge is 2.07. The molecule has 0 aliphatic carbocycles. The molecule has 5 heteroatoms. The number of benzene rings is 1. The Labute approximate surface area is 106 Å². The zero-order chi connectivity index (χ0) is 11.3. The van der Waals surface area contributed by atoms with Gasteiger partial charge in [0, 0.05) is 5.75 Å². The van der Waals surface area contributed by atoms with Crippen molar-refractivity contribution < 1.29 is 14.6 Å². The Morgan fingerprint density at radius 3 is 2.93 bits per heavy atom. The van der Waals surface area contributed by atoms with E-state index in [-0.39, 0.29) is 5.56 Å². The molecule has 0 saturated carbocycles. The van der Waals surface area contributed by atoms with E-state index in [0.29, 0.717) is 12.4 Å². The number of carboxylic acids is 1. The van der Waals surface area contributed by atoms with Gasteiger partial charge in [-0.2, -0.15) is 11.8 Å². The molecule has 3 nitrogen and oxygen atoms in total. The van der Waals surface area contributed by atoms with Crippen LogP contribution in [0.3, 0.4) is 0 Å². The summed E-state index contributed by atoms with van der Waals surface area (Å²) in [5.41, 5.74) is 0.259. The van der Waals surface area contributed by atoms with E-state index < -0.39 is 5.97 Å². The highest BCUT2D eigenvalue weighted by molar-refractivity contribution is 14.1. The van der Waals surface area contributed by atoms with Gasteiger partial charge < -0.3 is 9.84 Å². The average molecular weight is 338 g/mol. The van der Waals surface area contributed by atoms with E-state index in [0.717, 1.165) is 9.32 Å². The van der Waals surface area contributed by atoms with Crippen molar-refractivity contribution in [2.75, 3.05) is 18.6 Å². The number of hydrogen-bond acceptors (Lipinski definition) is 3. The number of rotatable bonds is 5. The van der Waals surface area contributed by atoms with Gasteiger partial charge >= 0.3 is 5.97 Å². The van der Waals surface area contributed by atoms with Crippen molar-refractivity contribution in [1.82, 2.24) is 0 Å². The van der Waals surface area contributed by atoms with Gasteiger partial charge in [-0.15, -0.1) is 0 Å². The number of carbonyl (C=O) groups is 1. The Hall–Kier alpha value is -0.430. The number of ether oxygens (including phenoxy) is 1. The topological polar surface area (TPSA) is 46.5 Å². The van der Waals surface area contributed by atoms with E-state index >= 15 is 0 Å². The molecular weight excluding hydrogens is 327 g/mol. The molecule has 1 N–H and O–H groups in total. The molecule has 0 atom stereocenters. The predicted octanol–water partition coefficient (Wildman–Crippen LogP) is 2.73. The van der Waals surface area contributed by atoms with Gasteiger partial charge in [0.1, 0.15) is 5.75 Å². The molecule has 1 aromatic carbocycles. The van der Waals surface area contributed by atoms with Crippen molar-refractivity contribution in [2.24, 2.45) is 0 Å². The van der Waals surface area contributed by atoms with Gasteiger partial charge in [-0.05, 0) is 47.0 Å². The lowest BCUT2D eigenvalue weighted by Gasteiger charge is -2.07. The van der Waals surface area contributed by atoms with Crippen molar-refractivity contribution in [3.8, 4) is 5.75 Å². The van der Waals surface area contributed by atoms with Gasteiger partial charge in [-0.1, -0.05) is 0 Å². The summed E-state index contributed by atoms with van der Waals surface area (Å²) < 4.78 is 6.41. The molecule has 1 aromatic rings. The van der Waals surface area contributed by atoms with Crippen molar-refractivity contribution in [2.45, 2.75) is 0 Å². The molecule has 0 bridgehead atoms. The second-order valence-corrected chi connectivity index (χ2v) is 4.94. The van der Waals surface area contributed by atoms with E-state index in [4.69, 9.17) is 9.84 Å². The maximum atomic E-state index is 10.7. The van der Waals surface area contributed by atoms with E-state index in [1.54, 1.807) is 30.0 Å². The van der Waals surface area contributed by atoms with Crippen LogP contribution < -0.4 is 4.74 Å². The molecule has 0 aliphatic rings. The van der Waals surface area contributed by atoms with E-state index in [9.17, 15) is 4.79 Å². The monoisotopic (exact) mass is 338 g/mol. The summed E-state index contributed by atoms with van der Waals surface area (Å²) in [5.74, 6) is 0.610. The minimum absolute atomic E-state index is 0.259. The van der Waals surface area contributed by atoms with Gasteiger partial charge in [0.25, 0.3) is 0 Å². The van der Waals surface area contributed by atoms with Crippen molar-refractivity contribution >= 4 is 40.3 Å². The maximum Gasteiger partial charge on any atom is 0.335 e. The van der Waals surface area contributed by atoms with Crippen molar-refractivity contribution in [3.05, 3.63) is 27.3 Å². The number of halogens is 1. The standard InChI is InChI=1S/C10H11IO3S/c1-15-5-4-14-9-6-7(10(12)13)2-3-8(9)11/h2-3,6H,4-5H2,1H3,(H,12,13). The summed E-state index contributed by atoms with van der Waals surface area (Å²) in [5, 5.41) is 8.81. The maximum absolute atomic E-state index is 10.7. The van der Waals surface area contributed by atoms with Crippen LogP contribution in [0.25, 0.3) is 0 Å². The van der Waals surface area contributed by atoms with E-state index in [1.807, 2.05) is 6.26 Å². The van der Waals surface area contributed by atoms with Crippen LogP contribution in [0.2, 0.25) is 0 Å². The van der Waals surface area contributed by atoms with Crippen LogP contribution >= 0.6 is 34.4 Å². The van der Waals surface area contributed by atoms with Gasteiger partial charge in [0.05, 0.1) is 15.7 Å². The second kappa shape index (κ2) is 6.22. The molecular formula is C10H11IO3S. The largest absolute Gasteiger partial charge is 0.492 e. The summed E-state index contributed by atoms with van der Waals surface area (Å²) in [7, 11) is 0. The van der Waals surface area contributed by atoms with Gasteiger partial charge in [-0.25, -0.2) is 4.79 Å². The number of thioether (sulfide) groups is 1. The Bertz CT molecular complexity index is 355. The van der Waals surface area contributed by atoms with Gasteiger partial charge in [-0.3, -0.25) is 0 Å². The first-order valence-corrected chi connectivity index (χ1v) is 6.77. The smallest absolute Gasteiger partial charge is 0.335 e. The first kappa shape index (κ1) is 12.6. The summed E-state index contributed by atoms with van der Waals surface area (Å²) in [6.45, 7) is 0.597. The van der Waals surface area contributed by atoms with Gasteiger partial charge in [0.2, 0.25) is 0 Å². The highest BCUT2D eigenvalue weighted by atomic mass is 127. The number of carboxylic acid groups (broad SMARTS) is 1. The molecule has 82 valence electrons.